The number of hydrogen-bond acceptors (Lipinski definition) is 1. The van der Waals surface area contributed by atoms with Gasteiger partial charge >= 0.3 is 5.30 Å². The van der Waals surface area contributed by atoms with Crippen LogP contribution in [-0.4, -0.2) is 10.4 Å². The lowest BCUT2D eigenvalue weighted by atomic mass is 10.0. The normalized spacial score (nSPS) is 14.4. The molecule has 0 bridgehead atoms. The highest BCUT2D eigenvalue weighted by molar-refractivity contribution is 8.10. The Morgan fingerprint density at radius 1 is 0.889 bits per heavy atom. The molecule has 90 valence electrons. The van der Waals surface area contributed by atoms with Gasteiger partial charge in [-0.3, -0.25) is 0 Å². The lowest BCUT2D eigenvalue weighted by Crippen LogP contribution is -2.15. The zero-order valence-corrected chi connectivity index (χ0v) is 10.6. The fourth-order valence-corrected chi connectivity index (χ4v) is 4.30. The molecule has 1 heterocycles. The van der Waals surface area contributed by atoms with Gasteiger partial charge in [0.1, 0.15) is 0 Å². The van der Waals surface area contributed by atoms with Crippen LogP contribution in [0.15, 0.2) is 58.3 Å². The molecular weight excluding hydrogens is 244 g/mol. The van der Waals surface area contributed by atoms with E-state index in [1.807, 2.05) is 48.5 Å². The number of benzene rings is 2. The van der Waals surface area contributed by atoms with Gasteiger partial charge in [0.25, 0.3) is 0 Å². The summed E-state index contributed by atoms with van der Waals surface area (Å²) < 4.78 is 0. The van der Waals surface area contributed by atoms with Crippen molar-refractivity contribution in [2.45, 2.75) is 22.6 Å². The van der Waals surface area contributed by atoms with Crippen molar-refractivity contribution in [1.29, 1.82) is 0 Å². The van der Waals surface area contributed by atoms with Crippen molar-refractivity contribution in [2.75, 3.05) is 0 Å². The second kappa shape index (κ2) is 4.50. The Balaban J connectivity index is 2.24. The summed E-state index contributed by atoms with van der Waals surface area (Å²) in [5.74, 6) is 0. The van der Waals surface area contributed by atoms with Crippen LogP contribution in [0.1, 0.15) is 11.1 Å². The molecule has 0 amide bonds. The van der Waals surface area contributed by atoms with Gasteiger partial charge < -0.3 is 5.11 Å². The van der Waals surface area contributed by atoms with Crippen LogP contribution < -0.4 is 0 Å². The van der Waals surface area contributed by atoms with E-state index in [0.29, 0.717) is 0 Å². The standard InChI is InChI=1S/C15H12O2S/c16-15(17)18-13-7-3-1-5-11(13)9-10-12-6-2-4-8-14(12)18/h1-8H,9-10H2/p+1. The first kappa shape index (κ1) is 11.4. The number of hydrogen-bond donors (Lipinski definition) is 1. The lowest BCUT2D eigenvalue weighted by Gasteiger charge is -2.04. The van der Waals surface area contributed by atoms with Crippen LogP contribution in [0.25, 0.3) is 0 Å². The Kier molecular flexibility index (Phi) is 2.84. The Morgan fingerprint density at radius 3 is 1.78 bits per heavy atom. The van der Waals surface area contributed by atoms with Crippen molar-refractivity contribution in [1.82, 2.24) is 0 Å². The fourth-order valence-electron chi connectivity index (χ4n) is 2.39. The average molecular weight is 257 g/mol. The number of carbonyl (C=O) groups is 1. The number of fused-ring (bicyclic) bond motifs is 2. The van der Waals surface area contributed by atoms with Crippen molar-refractivity contribution in [3.05, 3.63) is 59.7 Å². The molecule has 0 saturated heterocycles. The molecule has 0 fully saturated rings. The first-order valence-electron chi connectivity index (χ1n) is 5.90. The van der Waals surface area contributed by atoms with Crippen molar-refractivity contribution >= 4 is 16.2 Å². The van der Waals surface area contributed by atoms with E-state index in [9.17, 15) is 9.90 Å². The van der Waals surface area contributed by atoms with Crippen LogP contribution in [0.4, 0.5) is 4.79 Å². The molecule has 3 heteroatoms. The van der Waals surface area contributed by atoms with Gasteiger partial charge in [-0.1, -0.05) is 36.4 Å². The second-order valence-electron chi connectivity index (χ2n) is 4.29. The summed E-state index contributed by atoms with van der Waals surface area (Å²) in [4.78, 5) is 13.6. The molecule has 1 aliphatic rings. The molecule has 0 aromatic heterocycles. The molecule has 1 aliphatic heterocycles. The largest absolute Gasteiger partial charge is 0.534 e. The van der Waals surface area contributed by atoms with Crippen molar-refractivity contribution in [3.63, 3.8) is 0 Å². The highest BCUT2D eigenvalue weighted by Gasteiger charge is 2.40. The summed E-state index contributed by atoms with van der Waals surface area (Å²) >= 11 is 0. The van der Waals surface area contributed by atoms with E-state index in [1.54, 1.807) is 0 Å². The molecule has 2 aromatic rings. The smallest absolute Gasteiger partial charge is 0.440 e. The van der Waals surface area contributed by atoms with Crippen LogP contribution >= 0.6 is 0 Å². The van der Waals surface area contributed by atoms with Crippen LogP contribution in [-0.2, 0) is 23.7 Å². The quantitative estimate of drug-likeness (QED) is 0.733. The minimum absolute atomic E-state index is 0.739. The van der Waals surface area contributed by atoms with Gasteiger partial charge in [0.05, 0.1) is 0 Å². The van der Waals surface area contributed by atoms with Crippen LogP contribution in [0.5, 0.6) is 0 Å². The van der Waals surface area contributed by atoms with Gasteiger partial charge in [0.2, 0.25) is 0 Å². The molecule has 2 aromatic carbocycles. The van der Waals surface area contributed by atoms with Gasteiger partial charge in [-0.25, -0.2) is 0 Å². The number of aryl methyl sites for hydroxylation is 2. The molecule has 0 radical (unpaired) electrons. The van der Waals surface area contributed by atoms with E-state index < -0.39 is 16.2 Å². The Labute approximate surface area is 109 Å². The monoisotopic (exact) mass is 257 g/mol. The highest BCUT2D eigenvalue weighted by atomic mass is 32.2. The van der Waals surface area contributed by atoms with Crippen LogP contribution in [0, 0.1) is 0 Å². The lowest BCUT2D eigenvalue weighted by molar-refractivity contribution is 0.221. The third kappa shape index (κ3) is 1.81. The zero-order chi connectivity index (χ0) is 12.5. The molecule has 0 atom stereocenters. The van der Waals surface area contributed by atoms with Gasteiger partial charge in [-0.05, 0) is 25.0 Å². The summed E-state index contributed by atoms with van der Waals surface area (Å²) in [5.41, 5.74) is 2.33. The summed E-state index contributed by atoms with van der Waals surface area (Å²) in [7, 11) is -0.847. The Bertz CT molecular complexity index is 559. The van der Waals surface area contributed by atoms with Crippen LogP contribution in [0.3, 0.4) is 0 Å². The van der Waals surface area contributed by atoms with E-state index >= 15 is 0 Å². The molecule has 1 N–H and O–H groups in total. The topological polar surface area (TPSA) is 37.3 Å². The molecule has 0 saturated carbocycles. The number of carboxylic acid groups (broad SMARTS) is 1. The molecule has 18 heavy (non-hydrogen) atoms. The van der Waals surface area contributed by atoms with Crippen molar-refractivity contribution in [2.24, 2.45) is 0 Å². The predicted molar refractivity (Wildman–Crippen MR) is 72.2 cm³/mol. The maximum absolute atomic E-state index is 11.6. The van der Waals surface area contributed by atoms with Gasteiger partial charge in [-0.2, -0.15) is 4.79 Å². The summed E-state index contributed by atoms with van der Waals surface area (Å²) in [5, 5.41) is 8.83. The number of rotatable bonds is 0. The maximum Gasteiger partial charge on any atom is 0.534 e. The molecule has 3 rings (SSSR count). The van der Waals surface area contributed by atoms with E-state index in [4.69, 9.17) is 0 Å². The highest BCUT2D eigenvalue weighted by Crippen LogP contribution is 2.33. The predicted octanol–water partition coefficient (Wildman–Crippen LogP) is 3.50. The SMILES string of the molecule is O=C(O)[S+]1c2ccccc2CCc2ccccc21. The third-order valence-electron chi connectivity index (χ3n) is 3.22. The molecule has 0 aliphatic carbocycles. The molecule has 0 spiro atoms. The van der Waals surface area contributed by atoms with E-state index in [-0.39, 0.29) is 0 Å². The Morgan fingerprint density at radius 2 is 1.33 bits per heavy atom. The molecule has 0 unspecified atom stereocenters. The minimum Gasteiger partial charge on any atom is -0.440 e. The Hall–Kier alpha value is -1.74. The van der Waals surface area contributed by atoms with Gasteiger partial charge in [-0.15, -0.1) is 0 Å². The minimum atomic E-state index is -0.847. The van der Waals surface area contributed by atoms with E-state index in [0.717, 1.165) is 22.6 Å². The van der Waals surface area contributed by atoms with E-state index in [2.05, 4.69) is 0 Å². The van der Waals surface area contributed by atoms with Gasteiger partial charge in [0.15, 0.2) is 20.7 Å². The van der Waals surface area contributed by atoms with Gasteiger partial charge in [0, 0.05) is 11.1 Å². The molecular formula is C15H13O2S+. The summed E-state index contributed by atoms with van der Waals surface area (Å²) in [6, 6.07) is 15.8. The van der Waals surface area contributed by atoms with Crippen molar-refractivity contribution in [3.8, 4) is 0 Å². The van der Waals surface area contributed by atoms with Crippen molar-refractivity contribution < 1.29 is 9.90 Å². The first-order valence-corrected chi connectivity index (χ1v) is 7.13. The zero-order valence-electron chi connectivity index (χ0n) is 9.80. The fraction of sp³-hybridized carbons (Fsp3) is 0.133. The average Bonchev–Trinajstić information content (AvgIpc) is 2.55. The first-order chi connectivity index (χ1) is 8.77. The summed E-state index contributed by atoms with van der Waals surface area (Å²) in [6.45, 7) is 0. The maximum atomic E-state index is 11.6. The second-order valence-corrected chi connectivity index (χ2v) is 6.13. The summed E-state index contributed by atoms with van der Waals surface area (Å²) in [6.07, 6.45) is 1.84. The third-order valence-corrected chi connectivity index (χ3v) is 5.25. The molecule has 2 nitrogen and oxygen atoms in total. The van der Waals surface area contributed by atoms with Crippen LogP contribution in [0.2, 0.25) is 0 Å². The van der Waals surface area contributed by atoms with E-state index in [1.165, 1.54) is 11.1 Å².